The summed E-state index contributed by atoms with van der Waals surface area (Å²) < 4.78 is 13.5. The topological polar surface area (TPSA) is 91.8 Å². The Morgan fingerprint density at radius 3 is 2.71 bits per heavy atom. The van der Waals surface area contributed by atoms with Gasteiger partial charge in [0.1, 0.15) is 5.82 Å². The van der Waals surface area contributed by atoms with Crippen molar-refractivity contribution in [2.45, 2.75) is 0 Å². The van der Waals surface area contributed by atoms with Crippen LogP contribution < -0.4 is 4.90 Å². The molecule has 5 rings (SSSR count). The molecule has 1 N–H and O–H groups in total. The molecule has 0 fully saturated rings. The molecule has 0 aliphatic carbocycles. The minimum Gasteiger partial charge on any atom is -0.275 e. The normalized spacial score (nSPS) is 13.4. The minimum absolute atomic E-state index is 0.143. The fourth-order valence-corrected chi connectivity index (χ4v) is 3.45. The van der Waals surface area contributed by atoms with Gasteiger partial charge in [0.25, 0.3) is 11.8 Å². The maximum absolute atomic E-state index is 13.5. The number of benzene rings is 1. The van der Waals surface area contributed by atoms with Crippen LogP contribution >= 0.6 is 11.6 Å². The Balaban J connectivity index is 1.73. The van der Waals surface area contributed by atoms with E-state index in [1.54, 1.807) is 24.5 Å². The zero-order chi connectivity index (χ0) is 19.4. The molecule has 3 aromatic heterocycles. The van der Waals surface area contributed by atoms with Gasteiger partial charge in [-0.3, -0.25) is 19.7 Å². The number of carbonyl (C=O) groups is 2. The van der Waals surface area contributed by atoms with Gasteiger partial charge in [-0.25, -0.2) is 14.3 Å². The van der Waals surface area contributed by atoms with Crippen molar-refractivity contribution in [3.63, 3.8) is 0 Å². The third-order valence-corrected chi connectivity index (χ3v) is 4.83. The molecule has 0 saturated carbocycles. The van der Waals surface area contributed by atoms with E-state index in [0.29, 0.717) is 22.3 Å². The Morgan fingerprint density at radius 1 is 1.11 bits per heavy atom. The predicted molar refractivity (Wildman–Crippen MR) is 99.7 cm³/mol. The molecule has 0 atom stereocenters. The molecule has 4 aromatic rings. The van der Waals surface area contributed by atoms with Crippen LogP contribution in [0.1, 0.15) is 20.7 Å². The van der Waals surface area contributed by atoms with Crippen molar-refractivity contribution < 1.29 is 14.0 Å². The molecule has 2 amide bonds. The Labute approximate surface area is 161 Å². The molecule has 0 bridgehead atoms. The predicted octanol–water partition coefficient (Wildman–Crippen LogP) is 3.61. The Morgan fingerprint density at radius 2 is 1.96 bits per heavy atom. The SMILES string of the molecule is O=C1c2cnc3n[nH]c(-c4cccnc4)c3c2C(=O)N1c1ccc(F)c(Cl)c1. The summed E-state index contributed by atoms with van der Waals surface area (Å²) in [5.74, 6) is -1.75. The molecule has 28 heavy (non-hydrogen) atoms. The number of H-pyrrole nitrogens is 1. The van der Waals surface area contributed by atoms with Crippen molar-refractivity contribution in [2.24, 2.45) is 0 Å². The summed E-state index contributed by atoms with van der Waals surface area (Å²) in [6, 6.07) is 7.22. The highest BCUT2D eigenvalue weighted by Crippen LogP contribution is 2.36. The number of nitrogens with one attached hydrogen (secondary N) is 1. The van der Waals surface area contributed by atoms with E-state index < -0.39 is 17.6 Å². The van der Waals surface area contributed by atoms with Crippen LogP contribution in [0.25, 0.3) is 22.3 Å². The smallest absolute Gasteiger partial charge is 0.267 e. The molecule has 9 heteroatoms. The first-order chi connectivity index (χ1) is 13.6. The monoisotopic (exact) mass is 393 g/mol. The number of carbonyl (C=O) groups excluding carboxylic acids is 2. The maximum Gasteiger partial charge on any atom is 0.267 e. The number of aromatic nitrogens is 4. The van der Waals surface area contributed by atoms with Crippen LogP contribution in [-0.4, -0.2) is 32.0 Å². The first-order valence-corrected chi connectivity index (χ1v) is 8.55. The van der Waals surface area contributed by atoms with E-state index in [2.05, 4.69) is 20.2 Å². The number of amides is 2. The fourth-order valence-electron chi connectivity index (χ4n) is 3.27. The highest BCUT2D eigenvalue weighted by Gasteiger charge is 2.40. The van der Waals surface area contributed by atoms with Crippen molar-refractivity contribution >= 4 is 40.1 Å². The van der Waals surface area contributed by atoms with Crippen molar-refractivity contribution in [3.05, 3.63) is 70.9 Å². The van der Waals surface area contributed by atoms with E-state index in [9.17, 15) is 14.0 Å². The number of halogens is 2. The summed E-state index contributed by atoms with van der Waals surface area (Å²) in [5.41, 5.74) is 2.04. The third-order valence-electron chi connectivity index (χ3n) is 4.54. The number of rotatable bonds is 2. The molecule has 4 heterocycles. The number of hydrogen-bond acceptors (Lipinski definition) is 5. The van der Waals surface area contributed by atoms with Gasteiger partial charge in [0, 0.05) is 24.2 Å². The van der Waals surface area contributed by atoms with Gasteiger partial charge in [0.2, 0.25) is 0 Å². The fraction of sp³-hybridized carbons (Fsp3) is 0. The number of fused-ring (bicyclic) bond motifs is 3. The van der Waals surface area contributed by atoms with Crippen LogP contribution in [0.3, 0.4) is 0 Å². The van der Waals surface area contributed by atoms with E-state index in [-0.39, 0.29) is 21.8 Å². The molecule has 1 aliphatic heterocycles. The number of aromatic amines is 1. The lowest BCUT2D eigenvalue weighted by Gasteiger charge is -2.14. The van der Waals surface area contributed by atoms with Gasteiger partial charge >= 0.3 is 0 Å². The van der Waals surface area contributed by atoms with Crippen LogP contribution in [0.2, 0.25) is 5.02 Å². The Kier molecular flexibility index (Phi) is 3.50. The van der Waals surface area contributed by atoms with Crippen molar-refractivity contribution in [1.29, 1.82) is 0 Å². The lowest BCUT2D eigenvalue weighted by Crippen LogP contribution is -2.29. The maximum atomic E-state index is 13.5. The molecular formula is C19H9ClFN5O2. The highest BCUT2D eigenvalue weighted by molar-refractivity contribution is 6.38. The lowest BCUT2D eigenvalue weighted by molar-refractivity contribution is 0.0926. The third kappa shape index (κ3) is 2.25. The van der Waals surface area contributed by atoms with Gasteiger partial charge in [-0.15, -0.1) is 0 Å². The van der Waals surface area contributed by atoms with Crippen LogP contribution in [0.4, 0.5) is 10.1 Å². The van der Waals surface area contributed by atoms with Crippen LogP contribution in [0.5, 0.6) is 0 Å². The second kappa shape index (κ2) is 5.93. The molecule has 0 unspecified atom stereocenters. The summed E-state index contributed by atoms with van der Waals surface area (Å²) in [6.07, 6.45) is 4.56. The summed E-state index contributed by atoms with van der Waals surface area (Å²) in [5, 5.41) is 7.25. The highest BCUT2D eigenvalue weighted by atomic mass is 35.5. The van der Waals surface area contributed by atoms with Gasteiger partial charge < -0.3 is 0 Å². The average molecular weight is 394 g/mol. The van der Waals surface area contributed by atoms with E-state index >= 15 is 0 Å². The number of nitrogens with zero attached hydrogens (tertiary/aromatic N) is 4. The Bertz CT molecular complexity index is 1290. The summed E-state index contributed by atoms with van der Waals surface area (Å²) in [7, 11) is 0. The van der Waals surface area contributed by atoms with E-state index in [0.717, 1.165) is 11.0 Å². The number of anilines is 1. The van der Waals surface area contributed by atoms with Crippen LogP contribution in [-0.2, 0) is 0 Å². The van der Waals surface area contributed by atoms with Crippen molar-refractivity contribution in [1.82, 2.24) is 20.2 Å². The Hall–Kier alpha value is -3.65. The van der Waals surface area contributed by atoms with Gasteiger partial charge in [-0.05, 0) is 30.3 Å². The van der Waals surface area contributed by atoms with E-state index in [1.165, 1.54) is 18.3 Å². The summed E-state index contributed by atoms with van der Waals surface area (Å²) in [4.78, 5) is 35.3. The first kappa shape index (κ1) is 16.5. The zero-order valence-electron chi connectivity index (χ0n) is 14.0. The molecule has 0 radical (unpaired) electrons. The van der Waals surface area contributed by atoms with Gasteiger partial charge in [-0.1, -0.05) is 11.6 Å². The van der Waals surface area contributed by atoms with E-state index in [1.807, 2.05) is 0 Å². The first-order valence-electron chi connectivity index (χ1n) is 8.17. The molecule has 1 aromatic carbocycles. The standard InChI is InChI=1S/C19H9ClFN5O2/c20-12-6-10(3-4-13(12)21)26-18(27)11-8-23-17-15(14(11)19(26)28)16(24-25-17)9-2-1-5-22-7-9/h1-8H,(H,23,24,25). The summed E-state index contributed by atoms with van der Waals surface area (Å²) >= 11 is 5.82. The molecule has 0 spiro atoms. The molecular weight excluding hydrogens is 385 g/mol. The molecule has 0 saturated heterocycles. The van der Waals surface area contributed by atoms with Gasteiger partial charge in [-0.2, -0.15) is 5.10 Å². The lowest BCUT2D eigenvalue weighted by atomic mass is 10.0. The van der Waals surface area contributed by atoms with Gasteiger partial charge in [0.15, 0.2) is 5.65 Å². The molecule has 7 nitrogen and oxygen atoms in total. The molecule has 1 aliphatic rings. The van der Waals surface area contributed by atoms with Crippen molar-refractivity contribution in [2.75, 3.05) is 4.90 Å². The largest absolute Gasteiger partial charge is 0.275 e. The second-order valence-electron chi connectivity index (χ2n) is 6.13. The number of pyridine rings is 2. The minimum atomic E-state index is -0.639. The van der Waals surface area contributed by atoms with Crippen LogP contribution in [0, 0.1) is 5.82 Å². The van der Waals surface area contributed by atoms with E-state index in [4.69, 9.17) is 11.6 Å². The number of imide groups is 1. The summed E-state index contributed by atoms with van der Waals surface area (Å²) in [6.45, 7) is 0. The average Bonchev–Trinajstić information content (AvgIpc) is 3.24. The molecule has 136 valence electrons. The van der Waals surface area contributed by atoms with Gasteiger partial charge in [0.05, 0.1) is 32.9 Å². The second-order valence-corrected chi connectivity index (χ2v) is 6.54. The van der Waals surface area contributed by atoms with Crippen LogP contribution in [0.15, 0.2) is 48.9 Å². The van der Waals surface area contributed by atoms with Crippen molar-refractivity contribution in [3.8, 4) is 11.3 Å². The zero-order valence-corrected chi connectivity index (χ0v) is 14.7. The number of hydrogen-bond donors (Lipinski definition) is 1. The quantitative estimate of drug-likeness (QED) is 0.525.